The number of aliphatic hydroxyl groups is 1. The Hall–Kier alpha value is 0.0383. The van der Waals surface area contributed by atoms with Gasteiger partial charge in [0.25, 0.3) is 0 Å². The van der Waals surface area contributed by atoms with Crippen LogP contribution in [0.4, 0.5) is 0 Å². The molecule has 2 unspecified atom stereocenters. The molecule has 6 heteroatoms. The molecule has 1 rings (SSSR count). The van der Waals surface area contributed by atoms with Gasteiger partial charge in [-0.3, -0.25) is 0 Å². The minimum absolute atomic E-state index is 0. The molecule has 1 saturated carbocycles. The summed E-state index contributed by atoms with van der Waals surface area (Å²) in [4.78, 5) is 9.45. The monoisotopic (exact) mass is 397 g/mol. The van der Waals surface area contributed by atoms with Crippen molar-refractivity contribution in [2.75, 3.05) is 13.1 Å². The molecule has 15 heavy (non-hydrogen) atoms. The van der Waals surface area contributed by atoms with E-state index in [2.05, 4.69) is 0 Å². The fraction of sp³-hybridized carbons (Fsp3) is 0.889. The number of hydrogen-bond donors (Lipinski definition) is 2. The van der Waals surface area contributed by atoms with Gasteiger partial charge in [0.15, 0.2) is 0 Å². The maximum Gasteiger partial charge on any atom is 2.00 e. The largest absolute Gasteiger partial charge is 2.00 e. The SMILES string of the molecule is C[C@H](O)C(=O)O.[NH-]CC1CCC1C[NH-].[Pt+2]. The van der Waals surface area contributed by atoms with E-state index in [4.69, 9.17) is 21.7 Å². The topological polar surface area (TPSA) is 105 Å². The van der Waals surface area contributed by atoms with Crippen LogP contribution < -0.4 is 0 Å². The van der Waals surface area contributed by atoms with E-state index in [1.165, 1.54) is 19.8 Å². The Morgan fingerprint density at radius 1 is 1.33 bits per heavy atom. The Morgan fingerprint density at radius 3 is 1.67 bits per heavy atom. The van der Waals surface area contributed by atoms with Crippen LogP contribution in [-0.2, 0) is 25.9 Å². The molecule has 0 aromatic rings. The zero-order valence-corrected chi connectivity index (χ0v) is 11.0. The third kappa shape index (κ3) is 7.01. The first-order valence-corrected chi connectivity index (χ1v) is 4.73. The van der Waals surface area contributed by atoms with Crippen molar-refractivity contribution in [1.29, 1.82) is 0 Å². The molecule has 0 heterocycles. The Bertz CT molecular complexity index is 165. The smallest absolute Gasteiger partial charge is 0.677 e. The van der Waals surface area contributed by atoms with Gasteiger partial charge in [-0.1, -0.05) is 24.7 Å². The summed E-state index contributed by atoms with van der Waals surface area (Å²) in [5.74, 6) is -0.0324. The third-order valence-electron chi connectivity index (χ3n) is 2.46. The van der Waals surface area contributed by atoms with Crippen LogP contribution in [0.1, 0.15) is 19.8 Å². The average molecular weight is 397 g/mol. The molecule has 0 amide bonds. The standard InChI is InChI=1S/C6H12N2.C3H6O3.Pt/c7-3-5-1-2-6(5)4-8;1-2(4)3(5)6;/h5-8H,1-4H2;2,4H,1H3,(H,5,6);/q-2;;+2/t;2-;/m.0./s1. The van der Waals surface area contributed by atoms with Crippen LogP contribution in [0.15, 0.2) is 0 Å². The maximum absolute atomic E-state index is 9.45. The van der Waals surface area contributed by atoms with Crippen molar-refractivity contribution in [2.45, 2.75) is 25.9 Å². The third-order valence-corrected chi connectivity index (χ3v) is 2.46. The first kappa shape index (κ1) is 17.4. The molecule has 1 fully saturated rings. The molecule has 0 radical (unpaired) electrons. The predicted molar refractivity (Wildman–Crippen MR) is 53.9 cm³/mol. The van der Waals surface area contributed by atoms with Gasteiger partial charge in [0.1, 0.15) is 6.10 Å². The summed E-state index contributed by atoms with van der Waals surface area (Å²) in [6, 6.07) is 0. The van der Waals surface area contributed by atoms with Gasteiger partial charge in [-0.25, -0.2) is 4.79 Å². The molecule has 92 valence electrons. The van der Waals surface area contributed by atoms with Crippen LogP contribution in [-0.4, -0.2) is 35.4 Å². The minimum Gasteiger partial charge on any atom is -0.677 e. The Morgan fingerprint density at radius 2 is 1.60 bits per heavy atom. The van der Waals surface area contributed by atoms with Crippen LogP contribution in [0.3, 0.4) is 0 Å². The molecule has 0 saturated heterocycles. The van der Waals surface area contributed by atoms with E-state index in [1.54, 1.807) is 0 Å². The summed E-state index contributed by atoms with van der Waals surface area (Å²) < 4.78 is 0. The molecule has 3 atom stereocenters. The molecule has 1 aliphatic carbocycles. The Balaban J connectivity index is 0. The van der Waals surface area contributed by atoms with Crippen molar-refractivity contribution < 1.29 is 36.1 Å². The van der Waals surface area contributed by atoms with Crippen molar-refractivity contribution in [1.82, 2.24) is 0 Å². The Kier molecular flexibility index (Phi) is 10.8. The maximum atomic E-state index is 9.45. The molecule has 4 N–H and O–H groups in total. The van der Waals surface area contributed by atoms with Crippen molar-refractivity contribution >= 4 is 5.97 Å². The summed E-state index contributed by atoms with van der Waals surface area (Å²) >= 11 is 0. The van der Waals surface area contributed by atoms with Crippen molar-refractivity contribution in [3.8, 4) is 0 Å². The molecular weight excluding hydrogens is 379 g/mol. The van der Waals surface area contributed by atoms with Gasteiger partial charge in [-0.15, -0.1) is 13.1 Å². The summed E-state index contributed by atoms with van der Waals surface area (Å²) in [6.45, 7) is 2.29. The second kappa shape index (κ2) is 9.28. The van der Waals surface area contributed by atoms with E-state index in [-0.39, 0.29) is 21.1 Å². The van der Waals surface area contributed by atoms with Crippen molar-refractivity contribution in [3.05, 3.63) is 11.5 Å². The van der Waals surface area contributed by atoms with Gasteiger partial charge in [0.2, 0.25) is 0 Å². The van der Waals surface area contributed by atoms with Crippen LogP contribution in [0.25, 0.3) is 11.5 Å². The first-order valence-electron chi connectivity index (χ1n) is 4.73. The van der Waals surface area contributed by atoms with E-state index in [0.717, 1.165) is 0 Å². The first-order chi connectivity index (χ1) is 6.52. The quantitative estimate of drug-likeness (QED) is 0.755. The fourth-order valence-corrected chi connectivity index (χ4v) is 1.18. The number of hydrogen-bond acceptors (Lipinski definition) is 2. The molecule has 0 spiro atoms. The van der Waals surface area contributed by atoms with Crippen LogP contribution >= 0.6 is 0 Å². The van der Waals surface area contributed by atoms with Gasteiger partial charge in [-0.2, -0.15) is 0 Å². The molecule has 1 aliphatic rings. The molecule has 5 nitrogen and oxygen atoms in total. The van der Waals surface area contributed by atoms with Crippen LogP contribution in [0.2, 0.25) is 0 Å². The van der Waals surface area contributed by atoms with Gasteiger partial charge in [0.05, 0.1) is 0 Å². The number of carboxylic acids is 1. The second-order valence-electron chi connectivity index (χ2n) is 3.52. The molecule has 0 aromatic heterocycles. The average Bonchev–Trinajstić information content (AvgIpc) is 2.05. The van der Waals surface area contributed by atoms with E-state index >= 15 is 0 Å². The van der Waals surface area contributed by atoms with Crippen molar-refractivity contribution in [2.24, 2.45) is 11.8 Å². The molecule has 0 aromatic carbocycles. The van der Waals surface area contributed by atoms with E-state index in [1.807, 2.05) is 0 Å². The zero-order valence-electron chi connectivity index (χ0n) is 8.68. The van der Waals surface area contributed by atoms with Crippen LogP contribution in [0, 0.1) is 11.8 Å². The fourth-order valence-electron chi connectivity index (χ4n) is 1.18. The summed E-state index contributed by atoms with van der Waals surface area (Å²) in [6.07, 6.45) is 1.17. The minimum atomic E-state index is -1.23. The second-order valence-corrected chi connectivity index (χ2v) is 3.52. The van der Waals surface area contributed by atoms with Gasteiger partial charge in [0, 0.05) is 0 Å². The predicted octanol–water partition coefficient (Wildman–Crippen LogP) is 1.57. The zero-order chi connectivity index (χ0) is 11.1. The number of carbonyl (C=O) groups is 1. The van der Waals surface area contributed by atoms with Gasteiger partial charge in [-0.05, 0) is 6.92 Å². The summed E-state index contributed by atoms with van der Waals surface area (Å²) in [5, 5.41) is 15.8. The number of nitrogens with one attached hydrogen (secondary N) is 2. The van der Waals surface area contributed by atoms with Gasteiger partial charge < -0.3 is 21.7 Å². The number of rotatable bonds is 3. The number of aliphatic carboxylic acids is 1. The van der Waals surface area contributed by atoms with Crippen molar-refractivity contribution in [3.63, 3.8) is 0 Å². The molecular formula is C9H18N2O3Pt. The van der Waals surface area contributed by atoms with Crippen LogP contribution in [0.5, 0.6) is 0 Å². The number of carboxylic acid groups (broad SMARTS) is 1. The summed E-state index contributed by atoms with van der Waals surface area (Å²) in [5.41, 5.74) is 14.0. The molecule has 0 aliphatic heterocycles. The van der Waals surface area contributed by atoms with E-state index in [9.17, 15) is 4.79 Å². The van der Waals surface area contributed by atoms with Gasteiger partial charge >= 0.3 is 27.0 Å². The molecule has 0 bridgehead atoms. The summed E-state index contributed by atoms with van der Waals surface area (Å²) in [7, 11) is 0. The Labute approximate surface area is 104 Å². The number of aliphatic hydroxyl groups excluding tert-OH is 1. The van der Waals surface area contributed by atoms with E-state index in [0.29, 0.717) is 24.9 Å². The normalized spacial score (nSPS) is 25.1. The van der Waals surface area contributed by atoms with E-state index < -0.39 is 12.1 Å².